The van der Waals surface area contributed by atoms with Crippen LogP contribution in [-0.4, -0.2) is 25.2 Å². The van der Waals surface area contributed by atoms with Crippen LogP contribution in [0.5, 0.6) is 0 Å². The second kappa shape index (κ2) is 3.42. The zero-order valence-corrected chi connectivity index (χ0v) is 9.13. The van der Waals surface area contributed by atoms with Crippen molar-refractivity contribution in [3.8, 4) is 0 Å². The van der Waals surface area contributed by atoms with Gasteiger partial charge in [-0.3, -0.25) is 0 Å². The fourth-order valence-corrected chi connectivity index (χ4v) is 2.88. The van der Waals surface area contributed by atoms with Crippen LogP contribution in [0.3, 0.4) is 0 Å². The molecule has 2 heterocycles. The van der Waals surface area contributed by atoms with Gasteiger partial charge in [-0.2, -0.15) is 0 Å². The van der Waals surface area contributed by atoms with Crippen molar-refractivity contribution >= 4 is 5.69 Å². The number of nitrogens with zero attached hydrogens (tertiary/aromatic N) is 1. The first-order valence-corrected chi connectivity index (χ1v) is 5.64. The number of anilines is 1. The molecule has 2 nitrogen and oxygen atoms in total. The molecule has 0 aromatic heterocycles. The number of fused-ring (bicyclic) bond motifs is 3. The Morgan fingerprint density at radius 1 is 1.31 bits per heavy atom. The van der Waals surface area contributed by atoms with Gasteiger partial charge in [0.25, 0.3) is 0 Å². The highest BCUT2D eigenvalue weighted by Gasteiger charge is 2.36. The summed E-state index contributed by atoms with van der Waals surface area (Å²) in [5, 5.41) is 3.32. The van der Waals surface area contributed by atoms with Crippen molar-refractivity contribution in [2.75, 3.05) is 18.0 Å². The van der Waals surface area contributed by atoms with Crippen LogP contribution in [0, 0.1) is 11.6 Å². The molecule has 2 atom stereocenters. The molecule has 2 aliphatic heterocycles. The summed E-state index contributed by atoms with van der Waals surface area (Å²) in [4.78, 5) is 2.15. The molecule has 1 fully saturated rings. The third-order valence-electron chi connectivity index (χ3n) is 3.54. The maximum atomic E-state index is 13.6. The molecule has 3 rings (SSSR count). The van der Waals surface area contributed by atoms with E-state index >= 15 is 0 Å². The van der Waals surface area contributed by atoms with Gasteiger partial charge in [0.2, 0.25) is 0 Å². The Morgan fingerprint density at radius 3 is 2.94 bits per heavy atom. The zero-order valence-electron chi connectivity index (χ0n) is 9.13. The largest absolute Gasteiger partial charge is 0.363 e. The second-order valence-electron chi connectivity index (χ2n) is 4.66. The van der Waals surface area contributed by atoms with Crippen molar-refractivity contribution in [2.24, 2.45) is 0 Å². The van der Waals surface area contributed by atoms with Crippen LogP contribution >= 0.6 is 0 Å². The van der Waals surface area contributed by atoms with Crippen LogP contribution < -0.4 is 10.2 Å². The molecule has 0 saturated carbocycles. The summed E-state index contributed by atoms with van der Waals surface area (Å²) >= 11 is 0. The summed E-state index contributed by atoms with van der Waals surface area (Å²) in [6.45, 7) is 3.80. The van der Waals surface area contributed by atoms with Crippen LogP contribution in [-0.2, 0) is 6.42 Å². The maximum absolute atomic E-state index is 13.6. The average Bonchev–Trinajstić information content (AvgIpc) is 2.58. The average molecular weight is 224 g/mol. The summed E-state index contributed by atoms with van der Waals surface area (Å²) < 4.78 is 26.9. The summed E-state index contributed by atoms with van der Waals surface area (Å²) in [7, 11) is 0. The molecule has 1 saturated heterocycles. The van der Waals surface area contributed by atoms with Gasteiger partial charge in [-0.05, 0) is 19.4 Å². The van der Waals surface area contributed by atoms with E-state index in [1.165, 1.54) is 6.07 Å². The molecule has 0 radical (unpaired) electrons. The molecule has 0 amide bonds. The fraction of sp³-hybridized carbons (Fsp3) is 0.500. The maximum Gasteiger partial charge on any atom is 0.131 e. The molecule has 4 heteroatoms. The Balaban J connectivity index is 2.10. The smallest absolute Gasteiger partial charge is 0.131 e. The van der Waals surface area contributed by atoms with E-state index in [4.69, 9.17) is 0 Å². The van der Waals surface area contributed by atoms with E-state index in [0.717, 1.165) is 24.8 Å². The van der Waals surface area contributed by atoms with Gasteiger partial charge in [-0.15, -0.1) is 0 Å². The molecule has 16 heavy (non-hydrogen) atoms. The van der Waals surface area contributed by atoms with E-state index < -0.39 is 11.6 Å². The lowest BCUT2D eigenvalue weighted by Crippen LogP contribution is -2.54. The molecule has 2 aliphatic rings. The van der Waals surface area contributed by atoms with E-state index in [9.17, 15) is 8.78 Å². The quantitative estimate of drug-likeness (QED) is 0.721. The molecule has 1 aromatic carbocycles. The number of hydrogen-bond acceptors (Lipinski definition) is 2. The van der Waals surface area contributed by atoms with Crippen molar-refractivity contribution in [3.63, 3.8) is 0 Å². The van der Waals surface area contributed by atoms with E-state index in [1.807, 2.05) is 0 Å². The summed E-state index contributed by atoms with van der Waals surface area (Å²) in [5.74, 6) is -0.890. The van der Waals surface area contributed by atoms with Gasteiger partial charge in [0.15, 0.2) is 0 Å². The fourth-order valence-electron chi connectivity index (χ4n) is 2.88. The number of hydrogen-bond donors (Lipinski definition) is 1. The van der Waals surface area contributed by atoms with Gasteiger partial charge in [0.1, 0.15) is 11.6 Å². The molecule has 0 spiro atoms. The molecule has 0 unspecified atom stereocenters. The highest BCUT2D eigenvalue weighted by molar-refractivity contribution is 5.61. The second-order valence-corrected chi connectivity index (χ2v) is 4.66. The van der Waals surface area contributed by atoms with Crippen LogP contribution in [0.2, 0.25) is 0 Å². The highest BCUT2D eigenvalue weighted by Crippen LogP contribution is 2.37. The first-order chi connectivity index (χ1) is 7.66. The predicted octanol–water partition coefficient (Wildman–Crippen LogP) is 1.69. The normalized spacial score (nSPS) is 27.8. The summed E-state index contributed by atoms with van der Waals surface area (Å²) in [5.41, 5.74) is 1.42. The molecule has 1 N–H and O–H groups in total. The van der Waals surface area contributed by atoms with Crippen molar-refractivity contribution in [3.05, 3.63) is 29.3 Å². The molecule has 86 valence electrons. The topological polar surface area (TPSA) is 15.3 Å². The standard InChI is InChI=1S/C12H14F2N2/c1-7-5-15-6-9-4-10-11(14)2-8(13)3-12(10)16(7)9/h2-3,7,9,15H,4-6H2,1H3/t7-,9-/m1/s1. The SMILES string of the molecule is C[C@@H]1CNC[C@H]2Cc3c(F)cc(F)cc3N21. The number of nitrogens with one attached hydrogen (secondary N) is 1. The predicted molar refractivity (Wildman–Crippen MR) is 58.7 cm³/mol. The minimum atomic E-state index is -0.484. The minimum absolute atomic E-state index is 0.273. The third-order valence-corrected chi connectivity index (χ3v) is 3.54. The molecular formula is C12H14F2N2. The lowest BCUT2D eigenvalue weighted by Gasteiger charge is -2.38. The molecule has 0 aliphatic carbocycles. The van der Waals surface area contributed by atoms with E-state index in [1.54, 1.807) is 0 Å². The number of halogens is 2. The van der Waals surface area contributed by atoms with Gasteiger partial charge in [0.05, 0.1) is 0 Å². The van der Waals surface area contributed by atoms with Gasteiger partial charge < -0.3 is 10.2 Å². The van der Waals surface area contributed by atoms with Crippen LogP contribution in [0.25, 0.3) is 0 Å². The Hall–Kier alpha value is -1.16. The van der Waals surface area contributed by atoms with E-state index in [-0.39, 0.29) is 6.04 Å². The van der Waals surface area contributed by atoms with Crippen molar-refractivity contribution in [1.29, 1.82) is 0 Å². The van der Waals surface area contributed by atoms with Crippen molar-refractivity contribution in [1.82, 2.24) is 5.32 Å². The Kier molecular flexibility index (Phi) is 2.14. The Morgan fingerprint density at radius 2 is 2.12 bits per heavy atom. The van der Waals surface area contributed by atoms with Crippen LogP contribution in [0.1, 0.15) is 12.5 Å². The molecule has 1 aromatic rings. The van der Waals surface area contributed by atoms with Gasteiger partial charge in [-0.1, -0.05) is 0 Å². The minimum Gasteiger partial charge on any atom is -0.363 e. The molecular weight excluding hydrogens is 210 g/mol. The Labute approximate surface area is 93.3 Å². The zero-order chi connectivity index (χ0) is 11.3. The van der Waals surface area contributed by atoms with E-state index in [0.29, 0.717) is 18.0 Å². The number of rotatable bonds is 0. The van der Waals surface area contributed by atoms with Crippen LogP contribution in [0.15, 0.2) is 12.1 Å². The van der Waals surface area contributed by atoms with Gasteiger partial charge in [0, 0.05) is 42.5 Å². The van der Waals surface area contributed by atoms with Crippen molar-refractivity contribution < 1.29 is 8.78 Å². The summed E-state index contributed by atoms with van der Waals surface area (Å²) in [6.07, 6.45) is 0.679. The van der Waals surface area contributed by atoms with Gasteiger partial charge in [-0.25, -0.2) is 8.78 Å². The monoisotopic (exact) mass is 224 g/mol. The number of piperazine rings is 1. The van der Waals surface area contributed by atoms with Gasteiger partial charge >= 0.3 is 0 Å². The third kappa shape index (κ3) is 1.33. The van der Waals surface area contributed by atoms with Crippen LogP contribution in [0.4, 0.5) is 14.5 Å². The lowest BCUT2D eigenvalue weighted by atomic mass is 10.1. The first kappa shape index (κ1) is 10.0. The highest BCUT2D eigenvalue weighted by atomic mass is 19.1. The first-order valence-electron chi connectivity index (χ1n) is 5.64. The lowest BCUT2D eigenvalue weighted by molar-refractivity contribution is 0.428. The summed E-state index contributed by atoms with van der Waals surface area (Å²) in [6, 6.07) is 3.01. The van der Waals surface area contributed by atoms with Crippen molar-refractivity contribution in [2.45, 2.75) is 25.4 Å². The van der Waals surface area contributed by atoms with E-state index in [2.05, 4.69) is 17.1 Å². The Bertz CT molecular complexity index is 433. The number of benzene rings is 1. The molecule has 0 bridgehead atoms.